The van der Waals surface area contributed by atoms with E-state index < -0.39 is 37.6 Å². The summed E-state index contributed by atoms with van der Waals surface area (Å²) in [5.41, 5.74) is 8.36. The number of aliphatic hydroxyl groups excluding tert-OH is 1. The number of nitrogens with two attached hydrogens (primary N) is 1. The number of nitrogens with zero attached hydrogens (tertiary/aromatic N) is 3. The molecule has 20 heteroatoms. The summed E-state index contributed by atoms with van der Waals surface area (Å²) in [5, 5.41) is 17.9. The molecule has 0 saturated heterocycles. The van der Waals surface area contributed by atoms with Crippen LogP contribution < -0.4 is 25.8 Å². The molecule has 3 unspecified atom stereocenters. The summed E-state index contributed by atoms with van der Waals surface area (Å²) >= 11 is 13.3. The van der Waals surface area contributed by atoms with Crippen LogP contribution in [0.15, 0.2) is 53.1 Å². The number of unbranched alkanes of at least 4 members (excludes halogenated alkanes) is 7. The van der Waals surface area contributed by atoms with Crippen molar-refractivity contribution < 1.29 is 49.9 Å². The van der Waals surface area contributed by atoms with Gasteiger partial charge in [-0.05, 0) is 127 Å². The molecule has 424 valence electrons. The Morgan fingerprint density at radius 2 is 1.57 bits per heavy atom. The molecule has 0 saturated carbocycles. The van der Waals surface area contributed by atoms with Gasteiger partial charge >= 0.3 is 0 Å². The van der Waals surface area contributed by atoms with Crippen molar-refractivity contribution in [1.82, 2.24) is 15.2 Å². The van der Waals surface area contributed by atoms with E-state index in [4.69, 9.17) is 38.4 Å². The third-order valence-electron chi connectivity index (χ3n) is 14.8. The van der Waals surface area contributed by atoms with Crippen LogP contribution in [0.3, 0.4) is 0 Å². The van der Waals surface area contributed by atoms with E-state index in [9.17, 15) is 35.8 Å². The second kappa shape index (κ2) is 30.3. The normalized spacial score (nSPS) is 16.5. The number of aliphatic hydroxyl groups is 1. The Kier molecular flexibility index (Phi) is 26.0. The molecule has 3 atom stereocenters. The summed E-state index contributed by atoms with van der Waals surface area (Å²) in [6, 6.07) is 8.24. The van der Waals surface area contributed by atoms with Crippen molar-refractivity contribution in [1.29, 1.82) is 0 Å². The molecular weight excluding hydrogens is 1040 g/mol. The maximum absolute atomic E-state index is 12.5. The molecule has 1 aromatic heterocycles. The van der Waals surface area contributed by atoms with Crippen molar-refractivity contribution in [3.05, 3.63) is 69.6 Å². The maximum Gasteiger partial charge on any atom is 0.294 e. The number of carbonyl (C=O) groups excluding carboxylic acids is 1. The molecule has 16 nitrogen and oxygen atoms in total. The Hall–Kier alpha value is -3.14. The van der Waals surface area contributed by atoms with Gasteiger partial charge in [-0.1, -0.05) is 82.7 Å². The van der Waals surface area contributed by atoms with Crippen LogP contribution in [-0.2, 0) is 53.0 Å². The smallest absolute Gasteiger partial charge is 0.294 e. The number of amides is 1. The lowest BCUT2D eigenvalue weighted by Gasteiger charge is -2.33. The van der Waals surface area contributed by atoms with Crippen LogP contribution in [0.1, 0.15) is 169 Å². The minimum atomic E-state index is -4.48. The van der Waals surface area contributed by atoms with Gasteiger partial charge in [-0.2, -0.15) is 16.8 Å². The van der Waals surface area contributed by atoms with E-state index in [0.29, 0.717) is 68.6 Å². The number of imidazole rings is 1. The summed E-state index contributed by atoms with van der Waals surface area (Å²) in [4.78, 5) is 14.5. The molecule has 0 spiro atoms. The Morgan fingerprint density at radius 3 is 2.25 bits per heavy atom. The number of hydrogen-bond acceptors (Lipinski definition) is 11. The number of methoxy groups -OCH3 is 1. The number of hydrogen-bond donors (Lipinski definition) is 6. The quantitative estimate of drug-likeness (QED) is 0.0137. The topological polar surface area (TPSA) is 227 Å². The molecular formula is C55H89Cl2N6O10S2+. The fraction of sp³-hybridized carbons (Fsp3) is 0.673. The van der Waals surface area contributed by atoms with Gasteiger partial charge in [-0.3, -0.25) is 19.2 Å². The van der Waals surface area contributed by atoms with Gasteiger partial charge in [0.1, 0.15) is 6.23 Å². The maximum atomic E-state index is 12.5. The number of aryl methyl sites for hydroxylation is 2. The lowest BCUT2D eigenvalue weighted by Crippen LogP contribution is -2.38. The fourth-order valence-electron chi connectivity index (χ4n) is 9.98. The van der Waals surface area contributed by atoms with Gasteiger partial charge in [0, 0.05) is 74.6 Å². The van der Waals surface area contributed by atoms with Gasteiger partial charge in [0.25, 0.3) is 26.1 Å². The van der Waals surface area contributed by atoms with Gasteiger partial charge < -0.3 is 30.5 Å². The Labute approximate surface area is 458 Å². The second-order valence-corrected chi connectivity index (χ2v) is 24.9. The molecule has 2 aromatic carbocycles. The lowest BCUT2D eigenvalue weighted by molar-refractivity contribution is -0.673. The minimum absolute atomic E-state index is 0.0247. The number of aromatic nitrogens is 2. The number of carbonyl (C=O) groups is 1. The molecule has 4 rings (SSSR count). The van der Waals surface area contributed by atoms with Crippen molar-refractivity contribution in [2.75, 3.05) is 50.5 Å². The predicted octanol–water partition coefficient (Wildman–Crippen LogP) is 10.3. The first-order valence-corrected chi connectivity index (χ1v) is 30.9. The van der Waals surface area contributed by atoms with Crippen LogP contribution in [0.5, 0.6) is 0 Å². The van der Waals surface area contributed by atoms with Crippen LogP contribution in [0.25, 0.3) is 17.1 Å². The van der Waals surface area contributed by atoms with Gasteiger partial charge in [0.05, 0.1) is 51.6 Å². The van der Waals surface area contributed by atoms with E-state index in [1.165, 1.54) is 12.1 Å². The fourth-order valence-corrected chi connectivity index (χ4v) is 11.3. The SMILES string of the molecule is CCCC(C)(CCNC(O)CCCCCCn1c(C=CC=C2N(CCCCCC(=O)NCCCCCN)c3ccc(S(=O)(=O)O)cc3C2(C)C)[n+](CCCS(=O)(=O)O)c2cc(Cl)c(Cl)cc21)OCCC(C)(CC)OC. The molecule has 1 aliphatic rings. The number of benzene rings is 2. The first-order valence-electron chi connectivity index (χ1n) is 27.1. The van der Waals surface area contributed by atoms with Crippen molar-refractivity contribution in [3.8, 4) is 0 Å². The average Bonchev–Trinajstić information content (AvgIpc) is 3.73. The van der Waals surface area contributed by atoms with Gasteiger partial charge in [0.2, 0.25) is 5.91 Å². The zero-order valence-corrected chi connectivity index (χ0v) is 48.9. The van der Waals surface area contributed by atoms with Crippen LogP contribution in [0, 0.1) is 0 Å². The third-order valence-corrected chi connectivity index (χ3v) is 17.2. The summed E-state index contributed by atoms with van der Waals surface area (Å²) in [7, 11) is -6.97. The van der Waals surface area contributed by atoms with Crippen molar-refractivity contribution in [3.63, 3.8) is 0 Å². The molecule has 0 bridgehead atoms. The summed E-state index contributed by atoms with van der Waals surface area (Å²) in [6.07, 6.45) is 19.2. The van der Waals surface area contributed by atoms with E-state index in [2.05, 4.69) is 47.8 Å². The average molecular weight is 1130 g/mol. The molecule has 1 aliphatic heterocycles. The van der Waals surface area contributed by atoms with Crippen LogP contribution >= 0.6 is 23.2 Å². The molecule has 0 fully saturated rings. The lowest BCUT2D eigenvalue weighted by atomic mass is 9.83. The zero-order chi connectivity index (χ0) is 55.5. The van der Waals surface area contributed by atoms with Crippen LogP contribution in [0.4, 0.5) is 5.69 Å². The number of halogens is 2. The second-order valence-electron chi connectivity index (χ2n) is 21.1. The first kappa shape index (κ1) is 64.4. The highest BCUT2D eigenvalue weighted by molar-refractivity contribution is 7.86. The highest BCUT2D eigenvalue weighted by Gasteiger charge is 2.40. The number of rotatable bonds is 37. The number of anilines is 1. The summed E-state index contributed by atoms with van der Waals surface area (Å²) in [6.45, 7) is 16.5. The molecule has 7 N–H and O–H groups in total. The summed E-state index contributed by atoms with van der Waals surface area (Å²) < 4.78 is 84.5. The van der Waals surface area contributed by atoms with Gasteiger partial charge in [-0.15, -0.1) is 0 Å². The predicted molar refractivity (Wildman–Crippen MR) is 303 cm³/mol. The van der Waals surface area contributed by atoms with E-state index in [1.807, 2.05) is 42.7 Å². The van der Waals surface area contributed by atoms with Crippen LogP contribution in [-0.4, -0.2) is 105 Å². The van der Waals surface area contributed by atoms with Crippen LogP contribution in [0.2, 0.25) is 10.0 Å². The van der Waals surface area contributed by atoms with E-state index in [-0.39, 0.29) is 35.0 Å². The van der Waals surface area contributed by atoms with Crippen molar-refractivity contribution in [2.45, 2.75) is 198 Å². The number of fused-ring (bicyclic) bond motifs is 2. The number of ether oxygens (including phenoxy) is 2. The Morgan fingerprint density at radius 1 is 0.880 bits per heavy atom. The number of nitrogens with one attached hydrogen (secondary N) is 2. The van der Waals surface area contributed by atoms with Gasteiger partial charge in [0.15, 0.2) is 11.0 Å². The highest BCUT2D eigenvalue weighted by atomic mass is 35.5. The molecule has 1 amide bonds. The zero-order valence-electron chi connectivity index (χ0n) is 45.8. The molecule has 0 aliphatic carbocycles. The Balaban J connectivity index is 1.53. The van der Waals surface area contributed by atoms with Crippen molar-refractivity contribution >= 4 is 72.1 Å². The largest absolute Gasteiger partial charge is 0.379 e. The Bertz CT molecular complexity index is 2590. The van der Waals surface area contributed by atoms with E-state index in [0.717, 1.165) is 124 Å². The molecule has 0 radical (unpaired) electrons. The molecule has 2 heterocycles. The molecule has 3 aromatic rings. The first-order chi connectivity index (χ1) is 35.4. The van der Waals surface area contributed by atoms with E-state index >= 15 is 0 Å². The summed E-state index contributed by atoms with van der Waals surface area (Å²) in [5.74, 6) is 0.337. The van der Waals surface area contributed by atoms with E-state index in [1.54, 1.807) is 19.2 Å². The monoisotopic (exact) mass is 1130 g/mol. The van der Waals surface area contributed by atoms with Gasteiger partial charge in [-0.25, -0.2) is 9.13 Å². The number of allylic oxidation sites excluding steroid dienone is 3. The minimum Gasteiger partial charge on any atom is -0.379 e. The molecule has 75 heavy (non-hydrogen) atoms. The third kappa shape index (κ3) is 19.9. The van der Waals surface area contributed by atoms with Crippen molar-refractivity contribution in [2.24, 2.45) is 5.73 Å². The standard InChI is InChI=1S/C55H88Cl2N6O10S2/c1-8-28-55(6,73-37-30-54(5,9-2)72-7)29-33-60-51(65)23-14-10-11-18-35-62-47-40-44(56)45(57)41-48(47)63(36-21-38-74(66,67)68)52(62)25-20-22-49-53(3,4)43-39-42(75(69,70)71)26-27-46(43)61(49)34-19-12-15-24-50(64)59-32-17-13-16-31-58/h20,22,25-27,39-41,51,60,65H,8-19,21,23-24,28-38,58H2,1-7H3,(H2-,59,64,66,67,68,69,70,71)/p+1. The highest BCUT2D eigenvalue weighted by Crippen LogP contribution is 2.48.